The van der Waals surface area contributed by atoms with Crippen LogP contribution >= 0.6 is 11.8 Å². The molecule has 3 aromatic rings. The third-order valence-corrected chi connectivity index (χ3v) is 5.90. The van der Waals surface area contributed by atoms with Gasteiger partial charge in [-0.3, -0.25) is 9.59 Å². The Morgan fingerprint density at radius 3 is 2.03 bits per heavy atom. The molecule has 0 bridgehead atoms. The molecule has 0 aliphatic heterocycles. The van der Waals surface area contributed by atoms with Crippen molar-refractivity contribution in [3.8, 4) is 0 Å². The van der Waals surface area contributed by atoms with E-state index in [9.17, 15) is 24.3 Å². The summed E-state index contributed by atoms with van der Waals surface area (Å²) in [6.45, 7) is 1.74. The van der Waals surface area contributed by atoms with Gasteiger partial charge >= 0.3 is 11.9 Å². The Morgan fingerprint density at radius 1 is 0.824 bits per heavy atom. The number of anilines is 2. The number of carboxylic acid groups (broad SMARTS) is 1. The van der Waals surface area contributed by atoms with Crippen molar-refractivity contribution in [3.63, 3.8) is 0 Å². The van der Waals surface area contributed by atoms with Crippen LogP contribution in [0.25, 0.3) is 0 Å². The zero-order valence-corrected chi connectivity index (χ0v) is 19.2. The van der Waals surface area contributed by atoms with Crippen LogP contribution in [-0.2, 0) is 9.53 Å². The molecular formula is C25H22N2O6S. The van der Waals surface area contributed by atoms with E-state index < -0.39 is 23.1 Å². The number of carbonyl (C=O) groups excluding carboxylic acids is 3. The van der Waals surface area contributed by atoms with E-state index in [0.29, 0.717) is 11.4 Å². The van der Waals surface area contributed by atoms with Gasteiger partial charge in [-0.2, -0.15) is 0 Å². The average molecular weight is 479 g/mol. The molecule has 3 aromatic carbocycles. The van der Waals surface area contributed by atoms with Gasteiger partial charge in [-0.25, -0.2) is 9.59 Å². The van der Waals surface area contributed by atoms with E-state index in [2.05, 4.69) is 10.6 Å². The molecule has 0 spiro atoms. The minimum atomic E-state index is -1.18. The van der Waals surface area contributed by atoms with Crippen molar-refractivity contribution in [1.29, 1.82) is 0 Å². The molecular weight excluding hydrogens is 456 g/mol. The Kier molecular flexibility index (Phi) is 8.05. The minimum Gasteiger partial charge on any atom is -0.478 e. The molecule has 9 heteroatoms. The number of benzene rings is 3. The lowest BCUT2D eigenvalue weighted by Gasteiger charge is -2.14. The molecule has 0 saturated carbocycles. The van der Waals surface area contributed by atoms with Gasteiger partial charge in [0.2, 0.25) is 5.91 Å². The molecule has 3 N–H and O–H groups in total. The standard InChI is InChI=1S/C25H22N2O6S/c1-15(22(28)27-21-10-6-5-9-20(21)25(32)33-2)34-17-13-11-16(12-14-17)26-23(29)18-7-3-4-8-19(18)24(30)31/h3-15H,1-2H3,(H,26,29)(H,27,28)(H,30,31). The maximum absolute atomic E-state index is 12.6. The molecule has 1 unspecified atom stereocenters. The summed E-state index contributed by atoms with van der Waals surface area (Å²) in [7, 11) is 1.27. The molecule has 174 valence electrons. The second-order valence-electron chi connectivity index (χ2n) is 7.12. The smallest absolute Gasteiger partial charge is 0.339 e. The van der Waals surface area contributed by atoms with Crippen molar-refractivity contribution in [2.45, 2.75) is 17.1 Å². The number of amides is 2. The fraction of sp³-hybridized carbons (Fsp3) is 0.120. The Morgan fingerprint density at radius 2 is 1.41 bits per heavy atom. The number of carbonyl (C=O) groups is 4. The van der Waals surface area contributed by atoms with Gasteiger partial charge in [0.05, 0.1) is 34.7 Å². The van der Waals surface area contributed by atoms with Crippen molar-refractivity contribution in [3.05, 3.63) is 89.5 Å². The molecule has 1 atom stereocenters. The van der Waals surface area contributed by atoms with E-state index in [-0.39, 0.29) is 22.6 Å². The van der Waals surface area contributed by atoms with Crippen LogP contribution < -0.4 is 10.6 Å². The second kappa shape index (κ2) is 11.2. The summed E-state index contributed by atoms with van der Waals surface area (Å²) in [6, 6.07) is 19.4. The summed E-state index contributed by atoms with van der Waals surface area (Å²) in [5, 5.41) is 14.2. The normalized spacial score (nSPS) is 11.2. The van der Waals surface area contributed by atoms with Crippen LogP contribution in [0.15, 0.2) is 77.7 Å². The van der Waals surface area contributed by atoms with Crippen molar-refractivity contribution in [2.75, 3.05) is 17.7 Å². The summed E-state index contributed by atoms with van der Waals surface area (Å²) in [4.78, 5) is 49.1. The van der Waals surface area contributed by atoms with Crippen LogP contribution in [0.2, 0.25) is 0 Å². The van der Waals surface area contributed by atoms with Crippen LogP contribution in [0.4, 0.5) is 11.4 Å². The number of aromatic carboxylic acids is 1. The SMILES string of the molecule is COC(=O)c1ccccc1NC(=O)C(C)Sc1ccc(NC(=O)c2ccccc2C(=O)O)cc1. The first-order valence-corrected chi connectivity index (χ1v) is 11.1. The molecule has 0 fully saturated rings. The number of hydrogen-bond acceptors (Lipinski definition) is 6. The zero-order valence-electron chi connectivity index (χ0n) is 18.4. The lowest BCUT2D eigenvalue weighted by Crippen LogP contribution is -2.23. The number of nitrogens with one attached hydrogen (secondary N) is 2. The molecule has 3 rings (SSSR count). The summed E-state index contributed by atoms with van der Waals surface area (Å²) >= 11 is 1.30. The molecule has 0 radical (unpaired) electrons. The number of ether oxygens (including phenoxy) is 1. The minimum absolute atomic E-state index is 0.0611. The highest BCUT2D eigenvalue weighted by atomic mass is 32.2. The molecule has 0 aliphatic rings. The van der Waals surface area contributed by atoms with Crippen molar-refractivity contribution in [2.24, 2.45) is 0 Å². The highest BCUT2D eigenvalue weighted by Gasteiger charge is 2.19. The molecule has 34 heavy (non-hydrogen) atoms. The molecule has 0 aromatic heterocycles. The van der Waals surface area contributed by atoms with Crippen LogP contribution in [0.5, 0.6) is 0 Å². The van der Waals surface area contributed by atoms with Crippen LogP contribution in [-0.4, -0.2) is 41.2 Å². The number of hydrogen-bond donors (Lipinski definition) is 3. The fourth-order valence-corrected chi connectivity index (χ4v) is 3.92. The largest absolute Gasteiger partial charge is 0.478 e. The van der Waals surface area contributed by atoms with E-state index in [4.69, 9.17) is 4.74 Å². The average Bonchev–Trinajstić information content (AvgIpc) is 2.84. The molecule has 2 amide bonds. The van der Waals surface area contributed by atoms with Gasteiger partial charge in [0.15, 0.2) is 0 Å². The van der Waals surface area contributed by atoms with Crippen molar-refractivity contribution < 1.29 is 29.0 Å². The number of methoxy groups -OCH3 is 1. The van der Waals surface area contributed by atoms with Crippen LogP contribution in [0.3, 0.4) is 0 Å². The molecule has 8 nitrogen and oxygen atoms in total. The molecule has 0 saturated heterocycles. The van der Waals surface area contributed by atoms with E-state index in [1.165, 1.54) is 31.0 Å². The number of para-hydroxylation sites is 1. The van der Waals surface area contributed by atoms with E-state index in [1.54, 1.807) is 67.6 Å². The maximum atomic E-state index is 12.6. The zero-order chi connectivity index (χ0) is 24.7. The van der Waals surface area contributed by atoms with Crippen LogP contribution in [0, 0.1) is 0 Å². The van der Waals surface area contributed by atoms with Crippen molar-refractivity contribution >= 4 is 46.9 Å². The predicted molar refractivity (Wildman–Crippen MR) is 130 cm³/mol. The first-order valence-electron chi connectivity index (χ1n) is 10.2. The summed E-state index contributed by atoms with van der Waals surface area (Å²) in [6.07, 6.45) is 0. The Hall–Kier alpha value is -4.11. The lowest BCUT2D eigenvalue weighted by molar-refractivity contribution is -0.115. The first kappa shape index (κ1) is 24.5. The Balaban J connectivity index is 1.63. The quantitative estimate of drug-likeness (QED) is 0.321. The Bertz CT molecular complexity index is 1230. The number of carboxylic acids is 1. The second-order valence-corrected chi connectivity index (χ2v) is 8.53. The lowest BCUT2D eigenvalue weighted by atomic mass is 10.1. The van der Waals surface area contributed by atoms with E-state index in [1.807, 2.05) is 0 Å². The van der Waals surface area contributed by atoms with Gasteiger partial charge in [-0.05, 0) is 55.5 Å². The number of thioether (sulfide) groups is 1. The Labute approximate surface area is 200 Å². The summed E-state index contributed by atoms with van der Waals surface area (Å²) < 4.78 is 4.75. The van der Waals surface area contributed by atoms with Gasteiger partial charge in [0.1, 0.15) is 0 Å². The third kappa shape index (κ3) is 6.02. The predicted octanol–water partition coefficient (Wildman–Crippen LogP) is 4.54. The third-order valence-electron chi connectivity index (χ3n) is 4.79. The molecule has 0 heterocycles. The number of esters is 1. The van der Waals surface area contributed by atoms with Crippen molar-refractivity contribution in [1.82, 2.24) is 0 Å². The first-order chi connectivity index (χ1) is 16.3. The van der Waals surface area contributed by atoms with E-state index >= 15 is 0 Å². The maximum Gasteiger partial charge on any atom is 0.339 e. The van der Waals surface area contributed by atoms with Gasteiger partial charge < -0.3 is 20.5 Å². The topological polar surface area (TPSA) is 122 Å². The van der Waals surface area contributed by atoms with Gasteiger partial charge in [-0.1, -0.05) is 24.3 Å². The molecule has 0 aliphatic carbocycles. The highest BCUT2D eigenvalue weighted by molar-refractivity contribution is 8.00. The fourth-order valence-electron chi connectivity index (χ4n) is 3.05. The van der Waals surface area contributed by atoms with Gasteiger partial charge in [-0.15, -0.1) is 11.8 Å². The van der Waals surface area contributed by atoms with Gasteiger partial charge in [0.25, 0.3) is 5.91 Å². The van der Waals surface area contributed by atoms with E-state index in [0.717, 1.165) is 4.90 Å². The summed E-state index contributed by atoms with van der Waals surface area (Å²) in [5.74, 6) is -2.54. The van der Waals surface area contributed by atoms with Gasteiger partial charge in [0, 0.05) is 10.6 Å². The highest BCUT2D eigenvalue weighted by Crippen LogP contribution is 2.26. The summed E-state index contributed by atoms with van der Waals surface area (Å²) in [5.41, 5.74) is 1.09. The van der Waals surface area contributed by atoms with Crippen LogP contribution in [0.1, 0.15) is 38.0 Å². The monoisotopic (exact) mass is 478 g/mol. The number of rotatable bonds is 8.